The molecule has 0 bridgehead atoms. The minimum atomic E-state index is -1.10. The minimum Gasteiger partial charge on any atom is -0.452 e. The van der Waals surface area contributed by atoms with Crippen LogP contribution in [0.5, 0.6) is 0 Å². The number of piperidine rings is 1. The standard InChI is InChI=1S/C28H33F2N5O5/c1-39-18-22-17-26(21-7-8-23(29)24(30)16-21)35(27(37)34(22)28(38)40-2)33(19-36)13-5-12-32-14-9-20(10-15-32)25-6-3-4-11-31-25/h3-4,6-8,11,16-17,19-20,26H,5,9-10,12-15,18H2,1-2H3/t26-/m0/s1. The van der Waals surface area contributed by atoms with E-state index < -0.39 is 29.8 Å². The van der Waals surface area contributed by atoms with Gasteiger partial charge in [0, 0.05) is 31.5 Å². The number of halogens is 2. The Hall–Kier alpha value is -3.90. The number of pyridine rings is 1. The van der Waals surface area contributed by atoms with E-state index in [1.165, 1.54) is 19.3 Å². The van der Waals surface area contributed by atoms with Crippen molar-refractivity contribution in [2.24, 2.45) is 0 Å². The molecule has 0 unspecified atom stereocenters. The Labute approximate surface area is 231 Å². The molecule has 0 N–H and O–H groups in total. The van der Waals surface area contributed by atoms with Crippen LogP contribution in [0.15, 0.2) is 54.4 Å². The lowest BCUT2D eigenvalue weighted by atomic mass is 9.93. The quantitative estimate of drug-likeness (QED) is 0.407. The number of aromatic nitrogens is 1. The number of urea groups is 1. The summed E-state index contributed by atoms with van der Waals surface area (Å²) in [6, 6.07) is 7.30. The van der Waals surface area contributed by atoms with Crippen LogP contribution in [-0.4, -0.2) is 90.3 Å². The third kappa shape index (κ3) is 6.45. The molecule has 0 aliphatic carbocycles. The number of methoxy groups -OCH3 is 2. The van der Waals surface area contributed by atoms with Gasteiger partial charge in [0.15, 0.2) is 11.6 Å². The average molecular weight is 558 g/mol. The van der Waals surface area contributed by atoms with Crippen LogP contribution >= 0.6 is 0 Å². The van der Waals surface area contributed by atoms with Gasteiger partial charge in [-0.05, 0) is 74.8 Å². The highest BCUT2D eigenvalue weighted by molar-refractivity contribution is 5.94. The largest absolute Gasteiger partial charge is 0.452 e. The zero-order valence-corrected chi connectivity index (χ0v) is 22.5. The van der Waals surface area contributed by atoms with E-state index >= 15 is 0 Å². The summed E-state index contributed by atoms with van der Waals surface area (Å²) in [5, 5.41) is 2.22. The van der Waals surface area contributed by atoms with Crippen LogP contribution in [0.1, 0.15) is 42.5 Å². The molecule has 2 aliphatic rings. The normalized spacial score (nSPS) is 18.4. The van der Waals surface area contributed by atoms with Gasteiger partial charge in [0.2, 0.25) is 6.41 Å². The van der Waals surface area contributed by atoms with Crippen molar-refractivity contribution in [3.63, 3.8) is 0 Å². The van der Waals surface area contributed by atoms with Crippen molar-refractivity contribution in [2.75, 3.05) is 47.0 Å². The lowest BCUT2D eigenvalue weighted by Crippen LogP contribution is -2.57. The first-order valence-electron chi connectivity index (χ1n) is 13.1. The van der Waals surface area contributed by atoms with E-state index in [1.807, 2.05) is 18.2 Å². The summed E-state index contributed by atoms with van der Waals surface area (Å²) in [7, 11) is 2.51. The molecule has 0 radical (unpaired) electrons. The number of ether oxygens (including phenoxy) is 2. The van der Waals surface area contributed by atoms with Gasteiger partial charge in [0.25, 0.3) is 0 Å². The van der Waals surface area contributed by atoms with Crippen LogP contribution in [0, 0.1) is 11.6 Å². The fraction of sp³-hybridized carbons (Fsp3) is 0.429. The molecule has 1 aromatic carbocycles. The monoisotopic (exact) mass is 557 g/mol. The number of hydrogen-bond acceptors (Lipinski definition) is 7. The molecule has 2 aliphatic heterocycles. The maximum Gasteiger partial charge on any atom is 0.422 e. The van der Waals surface area contributed by atoms with Gasteiger partial charge in [0.05, 0.1) is 19.4 Å². The highest BCUT2D eigenvalue weighted by Gasteiger charge is 2.42. The van der Waals surface area contributed by atoms with Crippen molar-refractivity contribution in [1.82, 2.24) is 24.8 Å². The summed E-state index contributed by atoms with van der Waals surface area (Å²) in [5.74, 6) is -1.74. The summed E-state index contributed by atoms with van der Waals surface area (Å²) < 4.78 is 37.8. The molecule has 214 valence electrons. The number of rotatable bonds is 10. The van der Waals surface area contributed by atoms with Gasteiger partial charge in [0.1, 0.15) is 6.04 Å². The van der Waals surface area contributed by atoms with Crippen LogP contribution in [0.4, 0.5) is 18.4 Å². The van der Waals surface area contributed by atoms with Gasteiger partial charge in [-0.3, -0.25) is 14.8 Å². The van der Waals surface area contributed by atoms with E-state index in [9.17, 15) is 23.2 Å². The second-order valence-electron chi connectivity index (χ2n) is 9.63. The lowest BCUT2D eigenvalue weighted by Gasteiger charge is -2.43. The highest BCUT2D eigenvalue weighted by Crippen LogP contribution is 2.33. The maximum atomic E-state index is 14.2. The minimum absolute atomic E-state index is 0.135. The number of benzene rings is 1. The molecule has 0 saturated carbocycles. The topological polar surface area (TPSA) is 95.5 Å². The SMILES string of the molecule is COCC1=C[C@@H](c2ccc(F)c(F)c2)N(N(C=O)CCCN2CCC(c3ccccn3)CC2)C(=O)N1C(=O)OC. The Kier molecular flexibility index (Phi) is 9.78. The van der Waals surface area contributed by atoms with Gasteiger partial charge < -0.3 is 14.4 Å². The van der Waals surface area contributed by atoms with E-state index in [2.05, 4.69) is 9.88 Å². The number of carbonyl (C=O) groups is 3. The van der Waals surface area contributed by atoms with E-state index in [4.69, 9.17) is 9.47 Å². The highest BCUT2D eigenvalue weighted by atomic mass is 19.2. The van der Waals surface area contributed by atoms with Crippen LogP contribution < -0.4 is 0 Å². The molecule has 0 spiro atoms. The number of hydrogen-bond donors (Lipinski definition) is 0. The summed E-state index contributed by atoms with van der Waals surface area (Å²) in [6.45, 7) is 2.45. The molecule has 1 aromatic heterocycles. The molecule has 4 rings (SSSR count). The maximum absolute atomic E-state index is 14.2. The molecule has 2 aromatic rings. The summed E-state index contributed by atoms with van der Waals surface area (Å²) >= 11 is 0. The third-order valence-electron chi connectivity index (χ3n) is 7.18. The first-order chi connectivity index (χ1) is 19.4. The van der Waals surface area contributed by atoms with Crippen molar-refractivity contribution < 1.29 is 32.6 Å². The summed E-state index contributed by atoms with van der Waals surface area (Å²) in [6.07, 6.45) is 5.30. The molecule has 3 heterocycles. The number of nitrogens with zero attached hydrogens (tertiary/aromatic N) is 5. The van der Waals surface area contributed by atoms with Crippen molar-refractivity contribution in [3.8, 4) is 0 Å². The second kappa shape index (κ2) is 13.4. The molecule has 40 heavy (non-hydrogen) atoms. The Morgan fingerprint density at radius 3 is 2.55 bits per heavy atom. The first-order valence-corrected chi connectivity index (χ1v) is 13.1. The van der Waals surface area contributed by atoms with E-state index in [0.717, 1.165) is 65.8 Å². The predicted octanol–water partition coefficient (Wildman–Crippen LogP) is 4.08. The van der Waals surface area contributed by atoms with Crippen molar-refractivity contribution in [2.45, 2.75) is 31.2 Å². The van der Waals surface area contributed by atoms with Crippen molar-refractivity contribution >= 4 is 18.5 Å². The lowest BCUT2D eigenvalue weighted by molar-refractivity contribution is -0.133. The molecule has 4 amide bonds. The van der Waals surface area contributed by atoms with E-state index in [1.54, 1.807) is 6.20 Å². The molecular formula is C28H33F2N5O5. The first kappa shape index (κ1) is 29.1. The zero-order valence-electron chi connectivity index (χ0n) is 22.5. The Balaban J connectivity index is 1.50. The Morgan fingerprint density at radius 1 is 1.15 bits per heavy atom. The van der Waals surface area contributed by atoms with Gasteiger partial charge >= 0.3 is 12.1 Å². The van der Waals surface area contributed by atoms with E-state index in [-0.39, 0.29) is 24.4 Å². The number of likely N-dealkylation sites (tertiary alicyclic amines) is 1. The second-order valence-corrected chi connectivity index (χ2v) is 9.63. The molecule has 10 nitrogen and oxygen atoms in total. The number of hydrazine groups is 1. The van der Waals surface area contributed by atoms with E-state index in [0.29, 0.717) is 25.3 Å². The predicted molar refractivity (Wildman–Crippen MR) is 141 cm³/mol. The number of amides is 4. The van der Waals surface area contributed by atoms with Crippen LogP contribution in [0.25, 0.3) is 0 Å². The smallest absolute Gasteiger partial charge is 0.422 e. The molecule has 1 atom stereocenters. The summed E-state index contributed by atoms with van der Waals surface area (Å²) in [4.78, 5) is 46.0. The number of carbonyl (C=O) groups excluding carboxylic acids is 3. The third-order valence-corrected chi connectivity index (χ3v) is 7.18. The van der Waals surface area contributed by atoms with Gasteiger partial charge in [-0.15, -0.1) is 0 Å². The zero-order chi connectivity index (χ0) is 28.6. The van der Waals surface area contributed by atoms with Gasteiger partial charge in [-0.2, -0.15) is 4.90 Å². The van der Waals surface area contributed by atoms with Gasteiger partial charge in [-0.25, -0.2) is 23.4 Å². The molecule has 1 fully saturated rings. The molecular weight excluding hydrogens is 524 g/mol. The van der Waals surface area contributed by atoms with Gasteiger partial charge in [-0.1, -0.05) is 12.1 Å². The van der Waals surface area contributed by atoms with Crippen LogP contribution in [0.3, 0.4) is 0 Å². The Morgan fingerprint density at radius 2 is 1.93 bits per heavy atom. The molecule has 1 saturated heterocycles. The van der Waals surface area contributed by atoms with Crippen molar-refractivity contribution in [3.05, 3.63) is 77.3 Å². The number of imide groups is 1. The fourth-order valence-electron chi connectivity index (χ4n) is 5.16. The average Bonchev–Trinajstić information content (AvgIpc) is 2.97. The van der Waals surface area contributed by atoms with Crippen LogP contribution in [-0.2, 0) is 14.3 Å². The Bertz CT molecular complexity index is 1220. The van der Waals surface area contributed by atoms with Crippen LogP contribution in [0.2, 0.25) is 0 Å². The fourth-order valence-corrected chi connectivity index (χ4v) is 5.16. The molecule has 12 heteroatoms. The van der Waals surface area contributed by atoms with Crippen molar-refractivity contribution in [1.29, 1.82) is 0 Å². The summed E-state index contributed by atoms with van der Waals surface area (Å²) in [5.41, 5.74) is 1.46.